The molecule has 0 saturated heterocycles. The lowest BCUT2D eigenvalue weighted by Gasteiger charge is -2.45. The molecule has 0 radical (unpaired) electrons. The van der Waals surface area contributed by atoms with Crippen molar-refractivity contribution in [3.8, 4) is 0 Å². The van der Waals surface area contributed by atoms with E-state index in [-0.39, 0.29) is 22.6 Å². The number of ether oxygens (including phenoxy) is 2. The van der Waals surface area contributed by atoms with Crippen molar-refractivity contribution in [3.63, 3.8) is 0 Å². The number of rotatable bonds is 7. The Labute approximate surface area is 254 Å². The molecule has 0 N–H and O–H groups in total. The zero-order valence-corrected chi connectivity index (χ0v) is 26.5. The minimum atomic E-state index is -0.0395. The molecule has 6 rings (SSSR count). The van der Waals surface area contributed by atoms with Crippen LogP contribution in [-0.4, -0.2) is 41.0 Å². The van der Waals surface area contributed by atoms with E-state index in [1.807, 2.05) is 0 Å². The summed E-state index contributed by atoms with van der Waals surface area (Å²) in [7, 11) is 0. The number of alkyl halides is 2. The lowest BCUT2D eigenvalue weighted by atomic mass is 9.62. The van der Waals surface area contributed by atoms with Crippen LogP contribution in [0, 0.1) is 35.5 Å². The minimum absolute atomic E-state index is 0.0230. The Hall–Kier alpha value is 0.170. The highest BCUT2D eigenvalue weighted by molar-refractivity contribution is 6.24. The van der Waals surface area contributed by atoms with E-state index in [2.05, 4.69) is 0 Å². The van der Waals surface area contributed by atoms with Crippen LogP contribution in [0.5, 0.6) is 0 Å². The first-order valence-corrected chi connectivity index (χ1v) is 18.5. The van der Waals surface area contributed by atoms with Gasteiger partial charge in [0.15, 0.2) is 0 Å². The third-order valence-electron chi connectivity index (χ3n) is 12.5. The summed E-state index contributed by atoms with van der Waals surface area (Å²) in [5.41, 5.74) is 0. The molecule has 0 amide bonds. The Bertz CT molecular complexity index is 798. The van der Waals surface area contributed by atoms with Crippen LogP contribution in [0.1, 0.15) is 141 Å². The van der Waals surface area contributed by atoms with E-state index in [1.165, 1.54) is 70.6 Å². The SMILES string of the molecule is O=C(C1CCC(OC2CCC(OC3CCC4CC(C5CCCCC5)CCC4C3)CC2)CC1)C1CC(Cl)CCC1Cl. The minimum Gasteiger partial charge on any atom is -0.375 e. The summed E-state index contributed by atoms with van der Waals surface area (Å²) in [5, 5.41) is 0.0916. The number of Topliss-reactive ketones (excluding diaryl/α,β-unsaturated/α-hetero) is 1. The molecule has 7 unspecified atom stereocenters. The highest BCUT2D eigenvalue weighted by Gasteiger charge is 2.40. The fourth-order valence-corrected chi connectivity index (χ4v) is 10.7. The Morgan fingerprint density at radius 1 is 0.475 bits per heavy atom. The van der Waals surface area contributed by atoms with Crippen molar-refractivity contribution < 1.29 is 14.3 Å². The van der Waals surface area contributed by atoms with Crippen LogP contribution >= 0.6 is 23.2 Å². The van der Waals surface area contributed by atoms with Gasteiger partial charge in [-0.2, -0.15) is 0 Å². The fraction of sp³-hybridized carbons (Fsp3) is 0.971. The summed E-state index contributed by atoms with van der Waals surface area (Å²) in [6.07, 6.45) is 28.8. The molecule has 0 aromatic carbocycles. The summed E-state index contributed by atoms with van der Waals surface area (Å²) >= 11 is 12.9. The van der Waals surface area contributed by atoms with Gasteiger partial charge in [-0.25, -0.2) is 0 Å². The third-order valence-corrected chi connectivity index (χ3v) is 13.4. The average molecular weight is 596 g/mol. The second-order valence-corrected chi connectivity index (χ2v) is 16.2. The van der Waals surface area contributed by atoms with Crippen LogP contribution < -0.4 is 0 Å². The van der Waals surface area contributed by atoms with Crippen molar-refractivity contribution in [1.82, 2.24) is 0 Å². The number of hydrogen-bond acceptors (Lipinski definition) is 3. The summed E-state index contributed by atoms with van der Waals surface area (Å²) in [6.45, 7) is 0. The van der Waals surface area contributed by atoms with Crippen molar-refractivity contribution in [1.29, 1.82) is 0 Å². The summed E-state index contributed by atoms with van der Waals surface area (Å²) in [5.74, 6) is 4.53. The molecule has 7 atom stereocenters. The Morgan fingerprint density at radius 3 is 1.68 bits per heavy atom. The summed E-state index contributed by atoms with van der Waals surface area (Å²) < 4.78 is 13.4. The van der Waals surface area contributed by atoms with Gasteiger partial charge in [0.25, 0.3) is 0 Å². The molecule has 228 valence electrons. The summed E-state index contributed by atoms with van der Waals surface area (Å²) in [6, 6.07) is 0. The van der Waals surface area contributed by atoms with E-state index >= 15 is 0 Å². The highest BCUT2D eigenvalue weighted by Crippen LogP contribution is 2.48. The summed E-state index contributed by atoms with van der Waals surface area (Å²) in [4.78, 5) is 13.2. The molecule has 6 aliphatic rings. The molecule has 0 aliphatic heterocycles. The first-order valence-electron chi connectivity index (χ1n) is 17.6. The molecule has 5 heteroatoms. The third kappa shape index (κ3) is 7.62. The molecule has 6 fully saturated rings. The average Bonchev–Trinajstić information content (AvgIpc) is 2.99. The van der Waals surface area contributed by atoms with E-state index in [1.54, 1.807) is 0 Å². The van der Waals surface area contributed by atoms with Crippen molar-refractivity contribution in [2.24, 2.45) is 35.5 Å². The van der Waals surface area contributed by atoms with Gasteiger partial charge in [0.05, 0.1) is 24.4 Å². The van der Waals surface area contributed by atoms with Gasteiger partial charge in [-0.15, -0.1) is 23.2 Å². The lowest BCUT2D eigenvalue weighted by molar-refractivity contribution is -0.131. The van der Waals surface area contributed by atoms with Gasteiger partial charge in [-0.05, 0) is 133 Å². The zero-order valence-electron chi connectivity index (χ0n) is 25.0. The zero-order chi connectivity index (χ0) is 27.5. The molecule has 0 aromatic heterocycles. The van der Waals surface area contributed by atoms with Crippen molar-refractivity contribution in [2.45, 2.75) is 176 Å². The number of ketones is 1. The number of fused-ring (bicyclic) bond motifs is 1. The topological polar surface area (TPSA) is 35.5 Å². The van der Waals surface area contributed by atoms with Crippen molar-refractivity contribution in [2.75, 3.05) is 0 Å². The van der Waals surface area contributed by atoms with E-state index in [0.29, 0.717) is 30.2 Å². The first-order chi connectivity index (χ1) is 19.5. The predicted octanol–water partition coefficient (Wildman–Crippen LogP) is 9.64. The molecule has 3 nitrogen and oxygen atoms in total. The molecular formula is C35H56Cl2O3. The van der Waals surface area contributed by atoms with Gasteiger partial charge < -0.3 is 9.47 Å². The van der Waals surface area contributed by atoms with Gasteiger partial charge in [-0.3, -0.25) is 4.79 Å². The Balaban J connectivity index is 0.867. The maximum atomic E-state index is 13.2. The fourth-order valence-electron chi connectivity index (χ4n) is 10.1. The van der Waals surface area contributed by atoms with Crippen LogP contribution in [0.2, 0.25) is 0 Å². The van der Waals surface area contributed by atoms with Crippen LogP contribution in [0.15, 0.2) is 0 Å². The normalized spacial score (nSPS) is 45.5. The number of halogens is 2. The quantitative estimate of drug-likeness (QED) is 0.275. The monoisotopic (exact) mass is 594 g/mol. The van der Waals surface area contributed by atoms with Crippen molar-refractivity contribution >= 4 is 29.0 Å². The van der Waals surface area contributed by atoms with Crippen molar-refractivity contribution in [3.05, 3.63) is 0 Å². The standard InChI is InChI=1S/C35H56Cl2O3/c36-28-11-19-34(37)33(22-28)35(38)24-8-12-29(13-9-24)39-30-15-17-31(18-16-30)40-32-14-10-26-20-25(6-7-27(26)21-32)23-4-2-1-3-5-23/h23-34H,1-22H2. The van der Waals surface area contributed by atoms with Gasteiger partial charge in [0, 0.05) is 22.6 Å². The first kappa shape index (κ1) is 30.2. The number of carbonyl (C=O) groups is 1. The molecule has 0 aromatic rings. The molecule has 0 spiro atoms. The smallest absolute Gasteiger partial charge is 0.140 e. The molecule has 6 aliphatic carbocycles. The van der Waals surface area contributed by atoms with Gasteiger partial charge in [0.1, 0.15) is 5.78 Å². The molecule has 6 saturated carbocycles. The predicted molar refractivity (Wildman–Crippen MR) is 164 cm³/mol. The van der Waals surface area contributed by atoms with Gasteiger partial charge in [-0.1, -0.05) is 32.1 Å². The number of carbonyl (C=O) groups excluding carboxylic acids is 1. The number of hydrogen-bond donors (Lipinski definition) is 0. The largest absolute Gasteiger partial charge is 0.375 e. The van der Waals surface area contributed by atoms with Crippen LogP contribution in [0.25, 0.3) is 0 Å². The molecule has 40 heavy (non-hydrogen) atoms. The molecule has 0 heterocycles. The second-order valence-electron chi connectivity index (χ2n) is 15.0. The molecule has 0 bridgehead atoms. The molecular weight excluding hydrogens is 539 g/mol. The maximum absolute atomic E-state index is 13.2. The van der Waals surface area contributed by atoms with Gasteiger partial charge >= 0.3 is 0 Å². The van der Waals surface area contributed by atoms with Crippen LogP contribution in [0.3, 0.4) is 0 Å². The second kappa shape index (κ2) is 14.3. The highest BCUT2D eigenvalue weighted by atomic mass is 35.5. The van der Waals surface area contributed by atoms with E-state index < -0.39 is 0 Å². The van der Waals surface area contributed by atoms with E-state index in [9.17, 15) is 4.79 Å². The van der Waals surface area contributed by atoms with E-state index in [0.717, 1.165) is 94.3 Å². The van der Waals surface area contributed by atoms with Gasteiger partial charge in [0.2, 0.25) is 0 Å². The van der Waals surface area contributed by atoms with Crippen LogP contribution in [-0.2, 0) is 14.3 Å². The van der Waals surface area contributed by atoms with Crippen LogP contribution in [0.4, 0.5) is 0 Å². The Kier molecular flexibility index (Phi) is 10.8. The Morgan fingerprint density at radius 2 is 1.00 bits per heavy atom. The van der Waals surface area contributed by atoms with E-state index in [4.69, 9.17) is 32.7 Å². The maximum Gasteiger partial charge on any atom is 0.140 e. The lowest BCUT2D eigenvalue weighted by Crippen LogP contribution is -2.39.